The van der Waals surface area contributed by atoms with Crippen LogP contribution in [0.15, 0.2) is 12.7 Å². The Kier molecular flexibility index (Phi) is 6.19. The van der Waals surface area contributed by atoms with Gasteiger partial charge in [0, 0.05) is 6.08 Å². The molecule has 0 spiro atoms. The zero-order valence-electron chi connectivity index (χ0n) is 8.41. The fourth-order valence-electron chi connectivity index (χ4n) is 0.682. The molecule has 0 aliphatic carbocycles. The Morgan fingerprint density at radius 3 is 2.64 bits per heavy atom. The van der Waals surface area contributed by atoms with Gasteiger partial charge in [-0.1, -0.05) is 6.58 Å². The van der Waals surface area contributed by atoms with Crippen LogP contribution in [-0.4, -0.2) is 31.3 Å². The van der Waals surface area contributed by atoms with E-state index in [1.54, 1.807) is 13.8 Å². The topological polar surface area (TPSA) is 64.6 Å². The average molecular weight is 201 g/mol. The van der Waals surface area contributed by atoms with Gasteiger partial charge in [0.1, 0.15) is 6.61 Å². The summed E-state index contributed by atoms with van der Waals surface area (Å²) in [5.74, 6) is -0.512. The molecular weight excluding hydrogens is 186 g/mol. The first-order valence-electron chi connectivity index (χ1n) is 4.32. The molecule has 14 heavy (non-hydrogen) atoms. The molecule has 0 aliphatic rings. The van der Waals surface area contributed by atoms with Gasteiger partial charge in [-0.25, -0.2) is 9.59 Å². The van der Waals surface area contributed by atoms with Gasteiger partial charge in [0.15, 0.2) is 0 Å². The van der Waals surface area contributed by atoms with Crippen LogP contribution < -0.4 is 5.32 Å². The van der Waals surface area contributed by atoms with E-state index < -0.39 is 12.1 Å². The summed E-state index contributed by atoms with van der Waals surface area (Å²) >= 11 is 0. The van der Waals surface area contributed by atoms with Gasteiger partial charge in [0.05, 0.1) is 12.6 Å². The minimum absolute atomic E-state index is 0.101. The maximum atomic E-state index is 10.9. The van der Waals surface area contributed by atoms with Gasteiger partial charge in [-0.15, -0.1) is 0 Å². The van der Waals surface area contributed by atoms with E-state index in [-0.39, 0.29) is 12.6 Å². The maximum Gasteiger partial charge on any atom is 0.407 e. The number of rotatable bonds is 5. The number of esters is 1. The first kappa shape index (κ1) is 12.5. The molecule has 0 bridgehead atoms. The van der Waals surface area contributed by atoms with Crippen LogP contribution in [0.3, 0.4) is 0 Å². The van der Waals surface area contributed by atoms with E-state index >= 15 is 0 Å². The number of ether oxygens (including phenoxy) is 2. The molecule has 0 aromatic rings. The SMILES string of the molecule is C=CC(=O)OCC(C)NC(=O)OCC. The highest BCUT2D eigenvalue weighted by Gasteiger charge is 2.08. The van der Waals surface area contributed by atoms with E-state index in [4.69, 9.17) is 4.74 Å². The number of amides is 1. The molecule has 0 radical (unpaired) electrons. The third kappa shape index (κ3) is 6.05. The fraction of sp³-hybridized carbons (Fsp3) is 0.556. The van der Waals surface area contributed by atoms with Crippen LogP contribution >= 0.6 is 0 Å². The average Bonchev–Trinajstić information content (AvgIpc) is 2.14. The Morgan fingerprint density at radius 2 is 2.14 bits per heavy atom. The molecule has 0 saturated carbocycles. The van der Waals surface area contributed by atoms with Gasteiger partial charge < -0.3 is 14.8 Å². The maximum absolute atomic E-state index is 10.9. The molecule has 0 fully saturated rings. The molecule has 0 aliphatic heterocycles. The molecule has 5 heteroatoms. The lowest BCUT2D eigenvalue weighted by Crippen LogP contribution is -2.36. The summed E-state index contributed by atoms with van der Waals surface area (Å²) in [6, 6.07) is -0.280. The molecule has 0 heterocycles. The predicted octanol–water partition coefficient (Wildman–Crippen LogP) is 0.850. The Hall–Kier alpha value is -1.52. The number of nitrogens with one attached hydrogen (secondary N) is 1. The van der Waals surface area contributed by atoms with Crippen molar-refractivity contribution >= 4 is 12.1 Å². The molecule has 0 aromatic carbocycles. The quantitative estimate of drug-likeness (QED) is 0.529. The number of carbonyl (C=O) groups excluding carboxylic acids is 2. The van der Waals surface area contributed by atoms with E-state index in [2.05, 4.69) is 16.6 Å². The van der Waals surface area contributed by atoms with Crippen molar-refractivity contribution in [3.8, 4) is 0 Å². The zero-order valence-corrected chi connectivity index (χ0v) is 8.41. The number of alkyl carbamates (subject to hydrolysis) is 1. The van der Waals surface area contributed by atoms with Crippen molar-refractivity contribution in [2.45, 2.75) is 19.9 Å². The second-order valence-corrected chi connectivity index (χ2v) is 2.60. The van der Waals surface area contributed by atoms with E-state index in [1.807, 2.05) is 0 Å². The summed E-state index contributed by atoms with van der Waals surface area (Å²) in [5, 5.41) is 2.49. The summed E-state index contributed by atoms with van der Waals surface area (Å²) in [5.41, 5.74) is 0. The third-order valence-corrected chi connectivity index (χ3v) is 1.28. The third-order valence-electron chi connectivity index (χ3n) is 1.28. The van der Waals surface area contributed by atoms with Gasteiger partial charge in [0.25, 0.3) is 0 Å². The van der Waals surface area contributed by atoms with Crippen molar-refractivity contribution in [3.05, 3.63) is 12.7 Å². The second-order valence-electron chi connectivity index (χ2n) is 2.60. The van der Waals surface area contributed by atoms with Crippen LogP contribution in [0.1, 0.15) is 13.8 Å². The molecular formula is C9H15NO4. The molecule has 5 nitrogen and oxygen atoms in total. The highest BCUT2D eigenvalue weighted by atomic mass is 16.6. The predicted molar refractivity (Wildman–Crippen MR) is 50.8 cm³/mol. The lowest BCUT2D eigenvalue weighted by atomic mass is 10.4. The number of hydrogen-bond acceptors (Lipinski definition) is 4. The molecule has 1 amide bonds. The van der Waals surface area contributed by atoms with Crippen LogP contribution in [0, 0.1) is 0 Å². The van der Waals surface area contributed by atoms with Gasteiger partial charge >= 0.3 is 12.1 Å². The van der Waals surface area contributed by atoms with E-state index in [0.717, 1.165) is 6.08 Å². The first-order valence-corrected chi connectivity index (χ1v) is 4.32. The minimum atomic E-state index is -0.519. The smallest absolute Gasteiger partial charge is 0.407 e. The highest BCUT2D eigenvalue weighted by Crippen LogP contribution is 1.88. The summed E-state index contributed by atoms with van der Waals surface area (Å²) in [6.45, 7) is 7.07. The summed E-state index contributed by atoms with van der Waals surface area (Å²) in [4.78, 5) is 21.5. The van der Waals surface area contributed by atoms with Gasteiger partial charge in [-0.3, -0.25) is 0 Å². The fourth-order valence-corrected chi connectivity index (χ4v) is 0.682. The van der Waals surface area contributed by atoms with E-state index in [9.17, 15) is 9.59 Å². The molecule has 0 saturated heterocycles. The van der Waals surface area contributed by atoms with Crippen LogP contribution in [0.2, 0.25) is 0 Å². The Bertz CT molecular complexity index is 215. The zero-order chi connectivity index (χ0) is 11.0. The molecule has 80 valence electrons. The van der Waals surface area contributed by atoms with E-state index in [0.29, 0.717) is 6.61 Å². The second kappa shape index (κ2) is 6.94. The Labute approximate surface area is 83.1 Å². The summed E-state index contributed by atoms with van der Waals surface area (Å²) in [6.07, 6.45) is 0.548. The molecule has 0 aromatic heterocycles. The summed E-state index contributed by atoms with van der Waals surface area (Å²) < 4.78 is 9.34. The lowest BCUT2D eigenvalue weighted by molar-refractivity contribution is -0.138. The van der Waals surface area contributed by atoms with Crippen LogP contribution in [-0.2, 0) is 14.3 Å². The van der Waals surface area contributed by atoms with Gasteiger partial charge in [0.2, 0.25) is 0 Å². The van der Waals surface area contributed by atoms with Crippen molar-refractivity contribution in [2.75, 3.05) is 13.2 Å². The largest absolute Gasteiger partial charge is 0.460 e. The van der Waals surface area contributed by atoms with Crippen molar-refractivity contribution in [1.82, 2.24) is 5.32 Å². The van der Waals surface area contributed by atoms with Crippen LogP contribution in [0.4, 0.5) is 4.79 Å². The first-order chi connectivity index (χ1) is 6.60. The van der Waals surface area contributed by atoms with Crippen molar-refractivity contribution in [3.63, 3.8) is 0 Å². The molecule has 1 atom stereocenters. The highest BCUT2D eigenvalue weighted by molar-refractivity contribution is 5.81. The molecule has 1 N–H and O–H groups in total. The van der Waals surface area contributed by atoms with E-state index in [1.165, 1.54) is 0 Å². The molecule has 0 rings (SSSR count). The van der Waals surface area contributed by atoms with Crippen molar-refractivity contribution in [2.24, 2.45) is 0 Å². The molecule has 1 unspecified atom stereocenters. The normalized spacial score (nSPS) is 11.3. The van der Waals surface area contributed by atoms with Gasteiger partial charge in [-0.05, 0) is 13.8 Å². The minimum Gasteiger partial charge on any atom is -0.460 e. The van der Waals surface area contributed by atoms with Crippen LogP contribution in [0.5, 0.6) is 0 Å². The Balaban J connectivity index is 3.64. The lowest BCUT2D eigenvalue weighted by Gasteiger charge is -2.12. The number of carbonyl (C=O) groups is 2. The van der Waals surface area contributed by atoms with Crippen molar-refractivity contribution in [1.29, 1.82) is 0 Å². The Morgan fingerprint density at radius 1 is 1.50 bits per heavy atom. The monoisotopic (exact) mass is 201 g/mol. The van der Waals surface area contributed by atoms with Crippen molar-refractivity contribution < 1.29 is 19.1 Å². The standard InChI is InChI=1S/C9H15NO4/c1-4-8(11)14-6-7(3)10-9(12)13-5-2/h4,7H,1,5-6H2,2-3H3,(H,10,12). The van der Waals surface area contributed by atoms with Crippen LogP contribution in [0.25, 0.3) is 0 Å². The summed E-state index contributed by atoms with van der Waals surface area (Å²) in [7, 11) is 0. The number of hydrogen-bond donors (Lipinski definition) is 1. The van der Waals surface area contributed by atoms with Gasteiger partial charge in [-0.2, -0.15) is 0 Å².